The van der Waals surface area contributed by atoms with E-state index in [0.717, 1.165) is 29.0 Å². The molecule has 120 valence electrons. The molecule has 1 N–H and O–H groups in total. The molecule has 5 heteroatoms. The minimum Gasteiger partial charge on any atom is -0.487 e. The summed E-state index contributed by atoms with van der Waals surface area (Å²) in [6, 6.07) is 10.2. The van der Waals surface area contributed by atoms with Gasteiger partial charge in [-0.05, 0) is 36.4 Å². The fraction of sp³-hybridized carbons (Fsp3) is 0.333. The zero-order valence-corrected chi connectivity index (χ0v) is 14.2. The van der Waals surface area contributed by atoms with Crippen molar-refractivity contribution >= 4 is 17.7 Å². The Morgan fingerprint density at radius 2 is 2.26 bits per heavy atom. The van der Waals surface area contributed by atoms with Gasteiger partial charge in [-0.25, -0.2) is 0 Å². The molecule has 0 aliphatic carbocycles. The van der Waals surface area contributed by atoms with Gasteiger partial charge in [0.25, 0.3) is 0 Å². The lowest BCUT2D eigenvalue weighted by atomic mass is 10.0. The molecule has 3 rings (SSSR count). The fourth-order valence-corrected chi connectivity index (χ4v) is 3.18. The largest absolute Gasteiger partial charge is 0.487 e. The van der Waals surface area contributed by atoms with Crippen molar-refractivity contribution in [2.75, 3.05) is 18.6 Å². The topological polar surface area (TPSA) is 51.2 Å². The molecule has 0 saturated carbocycles. The predicted molar refractivity (Wildman–Crippen MR) is 93.9 cm³/mol. The van der Waals surface area contributed by atoms with Crippen molar-refractivity contribution in [3.63, 3.8) is 0 Å². The third kappa shape index (κ3) is 3.50. The van der Waals surface area contributed by atoms with Crippen molar-refractivity contribution in [3.05, 3.63) is 47.7 Å². The van der Waals surface area contributed by atoms with Crippen molar-refractivity contribution in [2.45, 2.75) is 19.4 Å². The quantitative estimate of drug-likeness (QED) is 0.917. The second kappa shape index (κ2) is 7.04. The number of fused-ring (bicyclic) bond motifs is 1. The lowest BCUT2D eigenvalue weighted by molar-refractivity contribution is -0.118. The third-order valence-corrected chi connectivity index (χ3v) is 4.45. The molecule has 1 atom stereocenters. The number of nitrogens with one attached hydrogen (secondary N) is 1. The van der Waals surface area contributed by atoms with E-state index in [4.69, 9.17) is 4.74 Å². The Hall–Kier alpha value is -2.01. The highest BCUT2D eigenvalue weighted by Gasteiger charge is 2.26. The highest BCUT2D eigenvalue weighted by atomic mass is 32.2. The van der Waals surface area contributed by atoms with E-state index in [9.17, 15) is 4.79 Å². The molecule has 2 heterocycles. The molecular weight excluding hydrogens is 308 g/mol. The van der Waals surface area contributed by atoms with Gasteiger partial charge in [-0.15, -0.1) is 0 Å². The molecule has 1 amide bonds. The maximum Gasteiger partial charge on any atom is 0.230 e. The summed E-state index contributed by atoms with van der Waals surface area (Å²) in [5, 5.41) is 2.93. The van der Waals surface area contributed by atoms with E-state index in [1.165, 1.54) is 17.3 Å². The SMILES string of the molecule is CSCC(=O)NCC1Cc2cccc(-c3ncccc3C)c2O1. The lowest BCUT2D eigenvalue weighted by Gasteiger charge is -2.14. The number of thioether (sulfide) groups is 1. The van der Waals surface area contributed by atoms with Crippen LogP contribution < -0.4 is 10.1 Å². The molecule has 1 unspecified atom stereocenters. The maximum absolute atomic E-state index is 11.6. The average molecular weight is 328 g/mol. The number of rotatable bonds is 5. The van der Waals surface area contributed by atoms with Gasteiger partial charge < -0.3 is 10.1 Å². The number of carbonyl (C=O) groups is 1. The van der Waals surface area contributed by atoms with Crippen LogP contribution in [0.2, 0.25) is 0 Å². The fourth-order valence-electron chi connectivity index (χ4n) is 2.82. The number of aryl methyl sites for hydroxylation is 1. The van der Waals surface area contributed by atoms with Gasteiger partial charge in [0, 0.05) is 18.2 Å². The summed E-state index contributed by atoms with van der Waals surface area (Å²) >= 11 is 1.52. The van der Waals surface area contributed by atoms with Crippen LogP contribution in [-0.2, 0) is 11.2 Å². The molecule has 4 nitrogen and oxygen atoms in total. The molecule has 1 aromatic heterocycles. The summed E-state index contributed by atoms with van der Waals surface area (Å²) < 4.78 is 6.11. The number of hydrogen-bond donors (Lipinski definition) is 1. The molecule has 23 heavy (non-hydrogen) atoms. The first kappa shape index (κ1) is 15.9. The van der Waals surface area contributed by atoms with E-state index in [0.29, 0.717) is 12.3 Å². The number of benzene rings is 1. The summed E-state index contributed by atoms with van der Waals surface area (Å²) in [4.78, 5) is 16.1. The van der Waals surface area contributed by atoms with Crippen LogP contribution >= 0.6 is 11.8 Å². The number of ether oxygens (including phenoxy) is 1. The van der Waals surface area contributed by atoms with E-state index in [2.05, 4.69) is 29.4 Å². The number of amides is 1. The first-order valence-corrected chi connectivity index (χ1v) is 9.04. The molecule has 0 bridgehead atoms. The Bertz CT molecular complexity index is 718. The number of aromatic nitrogens is 1. The Labute approximate surface area is 140 Å². The first-order valence-electron chi connectivity index (χ1n) is 7.65. The molecule has 0 saturated heterocycles. The first-order chi connectivity index (χ1) is 11.2. The minimum atomic E-state index is -0.0130. The molecular formula is C18H20N2O2S. The van der Waals surface area contributed by atoms with Gasteiger partial charge in [-0.1, -0.05) is 18.2 Å². The van der Waals surface area contributed by atoms with Crippen LogP contribution in [0.4, 0.5) is 0 Å². The van der Waals surface area contributed by atoms with Crippen molar-refractivity contribution in [3.8, 4) is 17.0 Å². The van der Waals surface area contributed by atoms with Crippen molar-refractivity contribution in [2.24, 2.45) is 0 Å². The van der Waals surface area contributed by atoms with Gasteiger partial charge in [0.15, 0.2) is 0 Å². The van der Waals surface area contributed by atoms with Crippen LogP contribution in [0.15, 0.2) is 36.5 Å². The number of para-hydroxylation sites is 1. The van der Waals surface area contributed by atoms with Gasteiger partial charge >= 0.3 is 0 Å². The van der Waals surface area contributed by atoms with E-state index >= 15 is 0 Å². The Balaban J connectivity index is 1.77. The van der Waals surface area contributed by atoms with E-state index in [1.54, 1.807) is 6.20 Å². The molecule has 1 aromatic carbocycles. The third-order valence-electron chi connectivity index (χ3n) is 3.90. The van der Waals surface area contributed by atoms with Crippen LogP contribution in [0.3, 0.4) is 0 Å². The smallest absolute Gasteiger partial charge is 0.230 e. The second-order valence-corrected chi connectivity index (χ2v) is 6.51. The van der Waals surface area contributed by atoms with E-state index in [1.807, 2.05) is 24.5 Å². The summed E-state index contributed by atoms with van der Waals surface area (Å²) in [7, 11) is 0. The molecule has 1 aliphatic heterocycles. The lowest BCUT2D eigenvalue weighted by Crippen LogP contribution is -2.35. The standard InChI is InChI=1S/C18H20N2O2S/c1-12-5-4-8-19-17(12)15-7-3-6-13-9-14(22-18(13)15)10-20-16(21)11-23-2/h3-8,14H,9-11H2,1-2H3,(H,20,21). The molecule has 0 fully saturated rings. The van der Waals surface area contributed by atoms with Gasteiger partial charge in [-0.2, -0.15) is 11.8 Å². The summed E-state index contributed by atoms with van der Waals surface area (Å²) in [6.45, 7) is 2.59. The van der Waals surface area contributed by atoms with Crippen LogP contribution in [0, 0.1) is 6.92 Å². The van der Waals surface area contributed by atoms with E-state index in [-0.39, 0.29) is 12.0 Å². The van der Waals surface area contributed by atoms with Crippen molar-refractivity contribution in [1.29, 1.82) is 0 Å². The minimum absolute atomic E-state index is 0.0130. The van der Waals surface area contributed by atoms with Crippen molar-refractivity contribution in [1.82, 2.24) is 10.3 Å². The molecule has 0 radical (unpaired) electrons. The Morgan fingerprint density at radius 3 is 3.04 bits per heavy atom. The zero-order valence-electron chi connectivity index (χ0n) is 13.3. The highest BCUT2D eigenvalue weighted by Crippen LogP contribution is 2.38. The Morgan fingerprint density at radius 1 is 1.39 bits per heavy atom. The molecule has 0 spiro atoms. The van der Waals surface area contributed by atoms with Crippen LogP contribution in [0.25, 0.3) is 11.3 Å². The van der Waals surface area contributed by atoms with Gasteiger partial charge in [-0.3, -0.25) is 9.78 Å². The molecule has 2 aromatic rings. The number of carbonyl (C=O) groups excluding carboxylic acids is 1. The van der Waals surface area contributed by atoms with Crippen LogP contribution in [0.5, 0.6) is 5.75 Å². The number of nitrogens with zero attached hydrogens (tertiary/aromatic N) is 1. The monoisotopic (exact) mass is 328 g/mol. The Kier molecular flexibility index (Phi) is 4.86. The summed E-state index contributed by atoms with van der Waals surface area (Å²) in [5.41, 5.74) is 4.29. The predicted octanol–water partition coefficient (Wildman–Crippen LogP) is 2.84. The normalized spacial score (nSPS) is 15.8. The van der Waals surface area contributed by atoms with Crippen LogP contribution in [0.1, 0.15) is 11.1 Å². The average Bonchev–Trinajstić information content (AvgIpc) is 2.97. The highest BCUT2D eigenvalue weighted by molar-refractivity contribution is 7.99. The zero-order chi connectivity index (χ0) is 16.2. The summed E-state index contributed by atoms with van der Waals surface area (Å²) in [5.74, 6) is 1.44. The van der Waals surface area contributed by atoms with E-state index < -0.39 is 0 Å². The number of pyridine rings is 1. The molecule has 1 aliphatic rings. The van der Waals surface area contributed by atoms with Gasteiger partial charge in [0.2, 0.25) is 5.91 Å². The second-order valence-electron chi connectivity index (χ2n) is 5.64. The maximum atomic E-state index is 11.6. The van der Waals surface area contributed by atoms with Crippen molar-refractivity contribution < 1.29 is 9.53 Å². The van der Waals surface area contributed by atoms with Gasteiger partial charge in [0.05, 0.1) is 18.0 Å². The van der Waals surface area contributed by atoms with Gasteiger partial charge in [0.1, 0.15) is 11.9 Å². The van der Waals surface area contributed by atoms with Crippen LogP contribution in [-0.4, -0.2) is 35.5 Å². The summed E-state index contributed by atoms with van der Waals surface area (Å²) in [6.07, 6.45) is 4.52. The number of hydrogen-bond acceptors (Lipinski definition) is 4.